The van der Waals surface area contributed by atoms with Crippen molar-refractivity contribution in [3.05, 3.63) is 78.1 Å². The van der Waals surface area contributed by atoms with Crippen LogP contribution >= 0.6 is 0 Å². The number of fused-ring (bicyclic) bond motifs is 3. The molecule has 0 unspecified atom stereocenters. The molecule has 0 atom stereocenters. The molecule has 130 valence electrons. The fourth-order valence-electron chi connectivity index (χ4n) is 3.04. The minimum absolute atomic E-state index is 0.223. The van der Waals surface area contributed by atoms with Crippen LogP contribution in [0.25, 0.3) is 21.7 Å². The highest BCUT2D eigenvalue weighted by Crippen LogP contribution is 2.28. The summed E-state index contributed by atoms with van der Waals surface area (Å²) in [5.74, 6) is 0.924. The minimum atomic E-state index is -0.223. The fraction of sp³-hybridized carbons (Fsp3) is 0.136. The molecular formula is C22H19NO3. The first kappa shape index (κ1) is 16.2. The minimum Gasteiger partial charge on any atom is -0.494 e. The molecule has 1 heterocycles. The van der Waals surface area contributed by atoms with Crippen LogP contribution in [0.1, 0.15) is 23.0 Å². The van der Waals surface area contributed by atoms with Crippen LogP contribution in [-0.2, 0) is 6.54 Å². The molecule has 26 heavy (non-hydrogen) atoms. The van der Waals surface area contributed by atoms with E-state index in [1.54, 1.807) is 0 Å². The van der Waals surface area contributed by atoms with Gasteiger partial charge in [-0.1, -0.05) is 42.5 Å². The lowest BCUT2D eigenvalue weighted by Gasteiger charge is -2.06. The van der Waals surface area contributed by atoms with Gasteiger partial charge in [0.2, 0.25) is 0 Å². The van der Waals surface area contributed by atoms with Gasteiger partial charge in [-0.15, -0.1) is 0 Å². The van der Waals surface area contributed by atoms with Gasteiger partial charge in [-0.25, -0.2) is 0 Å². The monoisotopic (exact) mass is 345 g/mol. The second kappa shape index (κ2) is 6.92. The molecule has 0 bridgehead atoms. The molecule has 4 aromatic rings. The predicted octanol–water partition coefficient (Wildman–Crippen LogP) is 4.91. The normalized spacial score (nSPS) is 11.0. The van der Waals surface area contributed by atoms with Crippen molar-refractivity contribution >= 4 is 27.6 Å². The van der Waals surface area contributed by atoms with E-state index in [0.717, 1.165) is 33.1 Å². The van der Waals surface area contributed by atoms with E-state index in [1.807, 2.05) is 73.7 Å². The lowest BCUT2D eigenvalue weighted by atomic mass is 10.1. The van der Waals surface area contributed by atoms with E-state index < -0.39 is 0 Å². The Labute approximate surface area is 151 Å². The van der Waals surface area contributed by atoms with Gasteiger partial charge >= 0.3 is 0 Å². The second-order valence-electron chi connectivity index (χ2n) is 6.07. The van der Waals surface area contributed by atoms with E-state index in [-0.39, 0.29) is 5.91 Å². The maximum absolute atomic E-state index is 12.5. The SMILES string of the molecule is CCOc1ccc(CNC(=O)c2cc3c(ccc4ccccc43)o2)cc1. The molecule has 0 aliphatic carbocycles. The van der Waals surface area contributed by atoms with E-state index in [2.05, 4.69) is 5.32 Å². The molecule has 1 N–H and O–H groups in total. The standard InChI is InChI=1S/C22H19NO3/c1-2-25-17-10-7-15(8-11-17)14-23-22(24)21-13-19-18-6-4-3-5-16(18)9-12-20(19)26-21/h3-13H,2,14H2,1H3,(H,23,24). The number of carbonyl (C=O) groups is 1. The lowest BCUT2D eigenvalue weighted by Crippen LogP contribution is -2.22. The summed E-state index contributed by atoms with van der Waals surface area (Å²) < 4.78 is 11.2. The number of nitrogens with one attached hydrogen (secondary N) is 1. The molecule has 0 aliphatic heterocycles. The average Bonchev–Trinajstić information content (AvgIpc) is 3.12. The molecule has 1 amide bonds. The zero-order chi connectivity index (χ0) is 17.9. The summed E-state index contributed by atoms with van der Waals surface area (Å²) in [7, 11) is 0. The Bertz CT molecular complexity index is 1060. The number of rotatable bonds is 5. The number of ether oxygens (including phenoxy) is 1. The fourth-order valence-corrected chi connectivity index (χ4v) is 3.04. The highest BCUT2D eigenvalue weighted by Gasteiger charge is 2.13. The summed E-state index contributed by atoms with van der Waals surface area (Å²) in [6.45, 7) is 3.02. The third kappa shape index (κ3) is 3.14. The van der Waals surface area contributed by atoms with E-state index in [9.17, 15) is 4.79 Å². The molecule has 1 aromatic heterocycles. The van der Waals surface area contributed by atoms with Gasteiger partial charge < -0.3 is 14.5 Å². The van der Waals surface area contributed by atoms with Gasteiger partial charge in [0.15, 0.2) is 5.76 Å². The van der Waals surface area contributed by atoms with Crippen LogP contribution in [0, 0.1) is 0 Å². The van der Waals surface area contributed by atoms with Crippen LogP contribution in [0.2, 0.25) is 0 Å². The number of amides is 1. The van der Waals surface area contributed by atoms with Crippen molar-refractivity contribution < 1.29 is 13.9 Å². The number of hydrogen-bond donors (Lipinski definition) is 1. The van der Waals surface area contributed by atoms with Crippen molar-refractivity contribution in [2.45, 2.75) is 13.5 Å². The Morgan fingerprint density at radius 2 is 1.81 bits per heavy atom. The van der Waals surface area contributed by atoms with Gasteiger partial charge in [0.25, 0.3) is 5.91 Å². The molecule has 4 nitrogen and oxygen atoms in total. The van der Waals surface area contributed by atoms with Crippen molar-refractivity contribution in [2.75, 3.05) is 6.61 Å². The Balaban J connectivity index is 1.52. The third-order valence-corrected chi connectivity index (χ3v) is 4.34. The van der Waals surface area contributed by atoms with Crippen LogP contribution < -0.4 is 10.1 Å². The third-order valence-electron chi connectivity index (χ3n) is 4.34. The van der Waals surface area contributed by atoms with Gasteiger partial charge in [0.1, 0.15) is 11.3 Å². The summed E-state index contributed by atoms with van der Waals surface area (Å²) in [6.07, 6.45) is 0. The molecule has 0 saturated carbocycles. The van der Waals surface area contributed by atoms with Gasteiger partial charge in [0, 0.05) is 11.9 Å². The summed E-state index contributed by atoms with van der Waals surface area (Å²) in [5.41, 5.74) is 1.72. The Kier molecular flexibility index (Phi) is 4.32. The molecule has 4 rings (SSSR count). The van der Waals surface area contributed by atoms with Crippen molar-refractivity contribution in [3.63, 3.8) is 0 Å². The van der Waals surface area contributed by atoms with E-state index in [1.165, 1.54) is 0 Å². The topological polar surface area (TPSA) is 51.5 Å². The van der Waals surface area contributed by atoms with Crippen LogP contribution in [0.15, 0.2) is 71.1 Å². The first-order chi connectivity index (χ1) is 12.7. The van der Waals surface area contributed by atoms with Crippen LogP contribution in [0.3, 0.4) is 0 Å². The molecule has 4 heteroatoms. The zero-order valence-electron chi connectivity index (χ0n) is 14.5. The Hall–Kier alpha value is -3.27. The molecule has 0 aliphatic rings. The largest absolute Gasteiger partial charge is 0.494 e. The molecule has 0 radical (unpaired) electrons. The first-order valence-electron chi connectivity index (χ1n) is 8.66. The van der Waals surface area contributed by atoms with Crippen molar-refractivity contribution in [3.8, 4) is 5.75 Å². The second-order valence-corrected chi connectivity index (χ2v) is 6.07. The number of hydrogen-bond acceptors (Lipinski definition) is 3. The maximum Gasteiger partial charge on any atom is 0.287 e. The smallest absolute Gasteiger partial charge is 0.287 e. The van der Waals surface area contributed by atoms with Gasteiger partial charge in [-0.3, -0.25) is 4.79 Å². The Morgan fingerprint density at radius 3 is 2.62 bits per heavy atom. The summed E-state index contributed by atoms with van der Waals surface area (Å²) in [6, 6.07) is 21.5. The molecule has 3 aromatic carbocycles. The van der Waals surface area contributed by atoms with E-state index >= 15 is 0 Å². The number of furan rings is 1. The van der Waals surface area contributed by atoms with Crippen molar-refractivity contribution in [2.24, 2.45) is 0 Å². The van der Waals surface area contributed by atoms with Gasteiger partial charge in [-0.05, 0) is 47.5 Å². The highest BCUT2D eigenvalue weighted by molar-refractivity contribution is 6.08. The number of benzene rings is 3. The molecule has 0 fully saturated rings. The number of carbonyl (C=O) groups excluding carboxylic acids is 1. The quantitative estimate of drug-likeness (QED) is 0.559. The summed E-state index contributed by atoms with van der Waals surface area (Å²) in [5, 5.41) is 6.06. The predicted molar refractivity (Wildman–Crippen MR) is 103 cm³/mol. The zero-order valence-corrected chi connectivity index (χ0v) is 14.5. The lowest BCUT2D eigenvalue weighted by molar-refractivity contribution is 0.0925. The summed E-state index contributed by atoms with van der Waals surface area (Å²) >= 11 is 0. The average molecular weight is 345 g/mol. The van der Waals surface area contributed by atoms with Gasteiger partial charge in [-0.2, -0.15) is 0 Å². The molecular weight excluding hydrogens is 326 g/mol. The Morgan fingerprint density at radius 1 is 1.00 bits per heavy atom. The molecule has 0 spiro atoms. The first-order valence-corrected chi connectivity index (χ1v) is 8.66. The van der Waals surface area contributed by atoms with E-state index in [4.69, 9.17) is 9.15 Å². The summed E-state index contributed by atoms with van der Waals surface area (Å²) in [4.78, 5) is 12.5. The van der Waals surface area contributed by atoms with Gasteiger partial charge in [0.05, 0.1) is 6.61 Å². The van der Waals surface area contributed by atoms with Crippen molar-refractivity contribution in [1.82, 2.24) is 5.32 Å². The van der Waals surface area contributed by atoms with Crippen LogP contribution in [0.4, 0.5) is 0 Å². The van der Waals surface area contributed by atoms with Crippen LogP contribution in [0.5, 0.6) is 5.75 Å². The van der Waals surface area contributed by atoms with E-state index in [0.29, 0.717) is 18.9 Å². The maximum atomic E-state index is 12.5. The van der Waals surface area contributed by atoms with Crippen LogP contribution in [-0.4, -0.2) is 12.5 Å². The molecule has 0 saturated heterocycles. The van der Waals surface area contributed by atoms with Crippen molar-refractivity contribution in [1.29, 1.82) is 0 Å². The highest BCUT2D eigenvalue weighted by atomic mass is 16.5.